The summed E-state index contributed by atoms with van der Waals surface area (Å²) in [4.78, 5) is 96.2. The zero-order valence-corrected chi connectivity index (χ0v) is 57.1. The van der Waals surface area contributed by atoms with Crippen LogP contribution in [-0.2, 0) is 65.5 Å². The Hall–Kier alpha value is -10.1. The monoisotopic (exact) mass is 1460 g/mol. The van der Waals surface area contributed by atoms with E-state index in [9.17, 15) is 66.1 Å². The molecule has 2 aromatic heterocycles. The van der Waals surface area contributed by atoms with Crippen molar-refractivity contribution >= 4 is 82.4 Å². The maximum atomic E-state index is 14.4. The first-order chi connectivity index (χ1) is 48.1. The smallest absolute Gasteiger partial charge is 0.339 e. The van der Waals surface area contributed by atoms with Crippen LogP contribution in [0, 0.1) is 46.9 Å². The first kappa shape index (κ1) is 79.9. The number of esters is 5. The van der Waals surface area contributed by atoms with E-state index in [1.807, 2.05) is 13.8 Å². The van der Waals surface area contributed by atoms with Gasteiger partial charge in [-0.1, -0.05) is 146 Å². The molecule has 0 aliphatic heterocycles. The number of aliphatic hydroxyl groups is 2. The van der Waals surface area contributed by atoms with Gasteiger partial charge in [0, 0.05) is 57.5 Å². The summed E-state index contributed by atoms with van der Waals surface area (Å²) in [6, 6.07) is 35.4. The summed E-state index contributed by atoms with van der Waals surface area (Å²) in [5.74, 6) is -10.8. The van der Waals surface area contributed by atoms with Gasteiger partial charge in [-0.25, -0.2) is 37.2 Å². The molecule has 8 aromatic rings. The average molecular weight is 1460 g/mol. The molecule has 24 nitrogen and oxygen atoms in total. The molecule has 4 atom stereocenters. The minimum atomic E-state index is -1.85. The number of halogens is 7. The second kappa shape index (κ2) is 39.1. The number of carbonyl (C=O) groups excluding carboxylic acids is 7. The molecule has 0 radical (unpaired) electrons. The molecule has 0 fully saturated rings. The van der Waals surface area contributed by atoms with E-state index >= 15 is 0 Å². The second-order valence-electron chi connectivity index (χ2n) is 22.6. The SMILES string of the molecule is COC(=O)C[C@H](C(=O)OCCl)C(C)C.COC(=O)C[C@H](C(=O)OCOC(=O)[C@H](O)CN(Cc1ccc(-c2cc(Cl)ccc2F)cc1)NC(=O)c1cc(-c2ccccc2F)no1)C(C)C.O=C(NN(Cc1ccc(-c2cc(Cl)ccc2F)cc1)C[C@@H](O)C(=O)O)c1cc(-c2ccccc2F)no1. The van der Waals surface area contributed by atoms with E-state index < -0.39 is 115 Å². The van der Waals surface area contributed by atoms with E-state index in [-0.39, 0.29) is 83.4 Å². The highest BCUT2D eigenvalue weighted by molar-refractivity contribution is 6.31. The predicted molar refractivity (Wildman–Crippen MR) is 357 cm³/mol. The molecule has 5 N–H and O–H groups in total. The molecule has 536 valence electrons. The lowest BCUT2D eigenvalue weighted by atomic mass is 9.93. The van der Waals surface area contributed by atoms with Crippen LogP contribution in [0.25, 0.3) is 44.8 Å². The molecular formula is C70H69Cl3F4N6O18. The minimum absolute atomic E-state index is 0.0112. The molecule has 2 amide bonds. The van der Waals surface area contributed by atoms with Crippen molar-refractivity contribution in [2.75, 3.05) is 40.2 Å². The third-order valence-electron chi connectivity index (χ3n) is 14.8. The number of carboxylic acids is 1. The number of nitrogens with one attached hydrogen (secondary N) is 2. The molecule has 0 spiro atoms. The van der Waals surface area contributed by atoms with E-state index in [2.05, 4.69) is 35.4 Å². The fourth-order valence-electron chi connectivity index (χ4n) is 9.30. The van der Waals surface area contributed by atoms with Gasteiger partial charge in [0.1, 0.15) is 34.7 Å². The van der Waals surface area contributed by atoms with Gasteiger partial charge in [-0.2, -0.15) is 0 Å². The van der Waals surface area contributed by atoms with Crippen LogP contribution in [0.4, 0.5) is 17.6 Å². The molecule has 0 aliphatic rings. The van der Waals surface area contributed by atoms with Crippen LogP contribution in [-0.4, -0.2) is 136 Å². The Kier molecular flexibility index (Phi) is 30.9. The van der Waals surface area contributed by atoms with Crippen LogP contribution in [0.5, 0.6) is 0 Å². The molecule has 0 saturated carbocycles. The summed E-state index contributed by atoms with van der Waals surface area (Å²) in [5.41, 5.74) is 8.27. The number of aliphatic hydroxyl groups excluding tert-OH is 2. The number of hydrogen-bond donors (Lipinski definition) is 5. The van der Waals surface area contributed by atoms with Gasteiger partial charge < -0.3 is 48.1 Å². The Morgan fingerprint density at radius 1 is 0.505 bits per heavy atom. The number of hydrogen-bond acceptors (Lipinski definition) is 21. The van der Waals surface area contributed by atoms with Crippen LogP contribution in [0.1, 0.15) is 72.8 Å². The predicted octanol–water partition coefficient (Wildman–Crippen LogP) is 11.4. The Labute approximate surface area is 590 Å². The van der Waals surface area contributed by atoms with E-state index in [0.29, 0.717) is 37.9 Å². The highest BCUT2D eigenvalue weighted by Gasteiger charge is 2.31. The number of aromatic nitrogens is 2. The summed E-state index contributed by atoms with van der Waals surface area (Å²) in [6.07, 6.45) is -3.86. The third kappa shape index (κ3) is 24.4. The Balaban J connectivity index is 0.000000275. The van der Waals surface area contributed by atoms with E-state index in [1.54, 1.807) is 74.5 Å². The summed E-state index contributed by atoms with van der Waals surface area (Å²) in [7, 11) is 2.47. The molecule has 6 aromatic carbocycles. The van der Waals surface area contributed by atoms with Gasteiger partial charge in [-0.05, 0) is 94.8 Å². The van der Waals surface area contributed by atoms with Crippen LogP contribution in [0.15, 0.2) is 155 Å². The second-order valence-corrected chi connectivity index (χ2v) is 23.7. The summed E-state index contributed by atoms with van der Waals surface area (Å²) in [6.45, 7) is 5.17. The lowest BCUT2D eigenvalue weighted by molar-refractivity contribution is -0.178. The zero-order chi connectivity index (χ0) is 74.0. The number of hydrazine groups is 2. The largest absolute Gasteiger partial charge is 0.479 e. The van der Waals surface area contributed by atoms with Gasteiger partial charge in [-0.15, -0.1) is 0 Å². The van der Waals surface area contributed by atoms with Gasteiger partial charge >= 0.3 is 47.6 Å². The van der Waals surface area contributed by atoms with Crippen molar-refractivity contribution < 1.29 is 104 Å². The summed E-state index contributed by atoms with van der Waals surface area (Å²) >= 11 is 17.3. The highest BCUT2D eigenvalue weighted by Crippen LogP contribution is 2.30. The normalized spacial score (nSPS) is 12.2. The lowest BCUT2D eigenvalue weighted by Crippen LogP contribution is -2.47. The van der Waals surface area contributed by atoms with Gasteiger partial charge in [0.15, 0.2) is 18.3 Å². The van der Waals surface area contributed by atoms with Gasteiger partial charge in [0.25, 0.3) is 0 Å². The molecule has 0 saturated heterocycles. The maximum Gasteiger partial charge on any atom is 0.339 e. The van der Waals surface area contributed by atoms with Gasteiger partial charge in [-0.3, -0.25) is 39.6 Å². The number of nitrogens with zero attached hydrogens (tertiary/aromatic N) is 4. The first-order valence-electron chi connectivity index (χ1n) is 30.5. The number of methoxy groups -OCH3 is 2. The van der Waals surface area contributed by atoms with Crippen LogP contribution in [0.2, 0.25) is 10.0 Å². The fraction of sp³-hybridized carbons (Fsp3) is 0.286. The van der Waals surface area contributed by atoms with Crippen molar-refractivity contribution in [3.8, 4) is 44.8 Å². The number of benzene rings is 6. The molecule has 0 bridgehead atoms. The summed E-state index contributed by atoms with van der Waals surface area (Å²) < 4.78 is 90.7. The number of aliphatic carboxylic acids is 1. The van der Waals surface area contributed by atoms with Crippen LogP contribution >= 0.6 is 34.8 Å². The van der Waals surface area contributed by atoms with Crippen molar-refractivity contribution in [2.45, 2.75) is 65.8 Å². The number of carbonyl (C=O) groups is 8. The highest BCUT2D eigenvalue weighted by atomic mass is 35.5. The van der Waals surface area contributed by atoms with Crippen molar-refractivity contribution in [1.29, 1.82) is 0 Å². The third-order valence-corrected chi connectivity index (χ3v) is 15.4. The van der Waals surface area contributed by atoms with Crippen molar-refractivity contribution in [3.63, 3.8) is 0 Å². The standard InChI is InChI=1S/C35H34ClF2N3O9.C26H20ClF2N3O5.C9H15ClO4/c1-20(2)25(15-32(43)47-3)34(45)48-19-49-35(46)30(42)18-41(17-21-8-10-22(11-9-21)26-14-23(36)12-13-28(26)38)39-33(44)31-16-29(40-50-31)24-6-4-5-7-27(24)37;27-17-9-10-21(29)19(11-17)16-7-5-15(6-8-16)13-32(14-23(33)26(35)36)30-25(34)24-12-22(31-37-24)18-3-1-2-4-20(18)28;1-6(2)7(4-8(11)13-3)9(12)14-5-10/h4-14,16,20,25,30,42H,15,17-19H2,1-3H3,(H,39,44);1-12,23,33H,13-14H2,(H,30,34)(H,35,36);6-7H,4-5H2,1-3H3/t25-,30+;23-;7-/m010/s1. The maximum absolute atomic E-state index is 14.4. The molecule has 8 rings (SSSR count). The van der Waals surface area contributed by atoms with E-state index in [4.69, 9.17) is 58.4 Å². The summed E-state index contributed by atoms with van der Waals surface area (Å²) in [5, 5.41) is 40.3. The quantitative estimate of drug-likeness (QED) is 0.00726. The van der Waals surface area contributed by atoms with Crippen molar-refractivity contribution in [2.24, 2.45) is 23.7 Å². The first-order valence-corrected chi connectivity index (χ1v) is 31.8. The molecule has 31 heteroatoms. The topological polar surface area (TPSA) is 326 Å². The average Bonchev–Trinajstić information content (AvgIpc) is 1.66. The molecule has 101 heavy (non-hydrogen) atoms. The number of rotatable bonds is 29. The molecular weight excluding hydrogens is 1400 g/mol. The minimum Gasteiger partial charge on any atom is -0.479 e. The number of amides is 2. The number of alkyl halides is 1. The Morgan fingerprint density at radius 2 is 0.881 bits per heavy atom. The van der Waals surface area contributed by atoms with Crippen LogP contribution in [0.3, 0.4) is 0 Å². The van der Waals surface area contributed by atoms with Crippen molar-refractivity contribution in [3.05, 3.63) is 202 Å². The van der Waals surface area contributed by atoms with Gasteiger partial charge in [0.05, 0.1) is 52.0 Å². The van der Waals surface area contributed by atoms with E-state index in [1.165, 1.54) is 109 Å². The number of ether oxygens (including phenoxy) is 5. The van der Waals surface area contributed by atoms with Crippen molar-refractivity contribution in [1.82, 2.24) is 31.2 Å². The fourth-order valence-corrected chi connectivity index (χ4v) is 9.75. The molecule has 2 heterocycles. The van der Waals surface area contributed by atoms with Gasteiger partial charge in [0.2, 0.25) is 18.3 Å². The van der Waals surface area contributed by atoms with E-state index in [0.717, 1.165) is 0 Å². The zero-order valence-electron chi connectivity index (χ0n) is 54.9. The van der Waals surface area contributed by atoms with Crippen LogP contribution < -0.4 is 10.9 Å². The molecule has 0 unspecified atom stereocenters. The lowest BCUT2D eigenvalue weighted by Gasteiger charge is -2.25. The number of carboxylic acid groups (broad SMARTS) is 1. The Morgan fingerprint density at radius 3 is 1.26 bits per heavy atom. The Bertz CT molecular complexity index is 4150. The molecule has 0 aliphatic carbocycles.